The molecule has 7 nitrogen and oxygen atoms in total. The number of nitrogens with zero attached hydrogens (tertiary/aromatic N) is 2. The minimum atomic E-state index is -0.446. The van der Waals surface area contributed by atoms with Crippen LogP contribution in [0.1, 0.15) is 5.56 Å². The van der Waals surface area contributed by atoms with Crippen LogP contribution in [0.3, 0.4) is 0 Å². The summed E-state index contributed by atoms with van der Waals surface area (Å²) in [5.74, 6) is -0.726. The van der Waals surface area contributed by atoms with E-state index in [1.165, 1.54) is 0 Å². The first-order chi connectivity index (χ1) is 13.1. The Morgan fingerprint density at radius 3 is 2.48 bits per heavy atom. The van der Waals surface area contributed by atoms with Gasteiger partial charge in [-0.25, -0.2) is 4.68 Å². The zero-order chi connectivity index (χ0) is 19.1. The molecule has 0 fully saturated rings. The third-order valence-corrected chi connectivity index (χ3v) is 4.08. The van der Waals surface area contributed by atoms with Crippen LogP contribution in [-0.4, -0.2) is 34.7 Å². The number of hydrogen-bond acceptors (Lipinski definition) is 4. The van der Waals surface area contributed by atoms with Crippen molar-refractivity contribution >= 4 is 22.6 Å². The summed E-state index contributed by atoms with van der Waals surface area (Å²) in [4.78, 5) is 36.2. The fraction of sp³-hybridized carbons (Fsp3) is 0.200. The van der Waals surface area contributed by atoms with E-state index in [0.717, 1.165) is 22.1 Å². The summed E-state index contributed by atoms with van der Waals surface area (Å²) in [5.41, 5.74) is 0.791. The smallest absolute Gasteiger partial charge is 0.275 e. The lowest BCUT2D eigenvalue weighted by atomic mass is 10.1. The predicted molar refractivity (Wildman–Crippen MR) is 102 cm³/mol. The van der Waals surface area contributed by atoms with Crippen LogP contribution in [0.5, 0.6) is 0 Å². The summed E-state index contributed by atoms with van der Waals surface area (Å²) in [6.07, 6.45) is 2.26. The fourth-order valence-corrected chi connectivity index (χ4v) is 2.66. The van der Waals surface area contributed by atoms with Crippen LogP contribution >= 0.6 is 0 Å². The van der Waals surface area contributed by atoms with Crippen LogP contribution in [0.25, 0.3) is 10.8 Å². The lowest BCUT2D eigenvalue weighted by Gasteiger charge is -2.08. The number of fused-ring (bicyclic) bond motifs is 1. The van der Waals surface area contributed by atoms with E-state index in [2.05, 4.69) is 15.7 Å². The summed E-state index contributed by atoms with van der Waals surface area (Å²) >= 11 is 0. The normalized spacial score (nSPS) is 10.5. The van der Waals surface area contributed by atoms with Crippen molar-refractivity contribution < 1.29 is 9.59 Å². The third kappa shape index (κ3) is 5.01. The molecule has 0 radical (unpaired) electrons. The second kappa shape index (κ2) is 8.75. The highest BCUT2D eigenvalue weighted by molar-refractivity contribution is 5.85. The van der Waals surface area contributed by atoms with Gasteiger partial charge in [0.25, 0.3) is 5.56 Å². The Morgan fingerprint density at radius 1 is 0.926 bits per heavy atom. The number of aromatic nitrogens is 2. The van der Waals surface area contributed by atoms with Crippen molar-refractivity contribution in [3.05, 3.63) is 76.7 Å². The van der Waals surface area contributed by atoms with E-state index in [1.807, 2.05) is 36.4 Å². The zero-order valence-corrected chi connectivity index (χ0v) is 14.7. The number of amides is 2. The van der Waals surface area contributed by atoms with Crippen molar-refractivity contribution in [1.29, 1.82) is 0 Å². The summed E-state index contributed by atoms with van der Waals surface area (Å²) in [5, 5.41) is 10.5. The van der Waals surface area contributed by atoms with Crippen LogP contribution in [0, 0.1) is 0 Å². The maximum atomic E-state index is 12.3. The second-order valence-corrected chi connectivity index (χ2v) is 6.06. The molecule has 0 aliphatic rings. The fourth-order valence-electron chi connectivity index (χ4n) is 2.66. The van der Waals surface area contributed by atoms with E-state index in [0.29, 0.717) is 11.9 Å². The van der Waals surface area contributed by atoms with Crippen LogP contribution in [0.4, 0.5) is 0 Å². The van der Waals surface area contributed by atoms with Gasteiger partial charge in [0.15, 0.2) is 0 Å². The molecule has 27 heavy (non-hydrogen) atoms. The minimum Gasteiger partial charge on any atom is -0.354 e. The molecule has 3 rings (SSSR count). The first-order valence-corrected chi connectivity index (χ1v) is 8.65. The molecule has 1 heterocycles. The van der Waals surface area contributed by atoms with Crippen molar-refractivity contribution in [3.63, 3.8) is 0 Å². The highest BCUT2D eigenvalue weighted by Crippen LogP contribution is 2.06. The van der Waals surface area contributed by atoms with E-state index < -0.39 is 5.91 Å². The highest BCUT2D eigenvalue weighted by atomic mass is 16.2. The molecule has 2 N–H and O–H groups in total. The summed E-state index contributed by atoms with van der Waals surface area (Å²) in [7, 11) is 0. The molecule has 0 aliphatic heterocycles. The van der Waals surface area contributed by atoms with Gasteiger partial charge in [-0.2, -0.15) is 5.10 Å². The average molecular weight is 364 g/mol. The Balaban J connectivity index is 1.46. The van der Waals surface area contributed by atoms with Gasteiger partial charge in [0.2, 0.25) is 11.8 Å². The van der Waals surface area contributed by atoms with E-state index in [9.17, 15) is 14.4 Å². The number of benzene rings is 2. The van der Waals surface area contributed by atoms with Crippen LogP contribution in [0.2, 0.25) is 0 Å². The highest BCUT2D eigenvalue weighted by Gasteiger charge is 2.09. The number of nitrogens with one attached hydrogen (secondary N) is 2. The lowest BCUT2D eigenvalue weighted by Crippen LogP contribution is -2.40. The standard InChI is InChI=1S/C20H20N4O3/c25-18(21-11-10-15-6-2-1-3-7-15)13-22-19(26)14-24-20(27)17-9-5-4-8-16(17)12-23-24/h1-9,12H,10-11,13-14H2,(H,21,25)(H,22,26). The number of rotatable bonds is 7. The van der Waals surface area contributed by atoms with Crippen LogP contribution < -0.4 is 16.2 Å². The van der Waals surface area contributed by atoms with E-state index in [1.54, 1.807) is 24.4 Å². The minimum absolute atomic E-state index is 0.143. The van der Waals surface area contributed by atoms with Gasteiger partial charge >= 0.3 is 0 Å². The second-order valence-electron chi connectivity index (χ2n) is 6.06. The number of carbonyl (C=O) groups is 2. The van der Waals surface area contributed by atoms with Crippen molar-refractivity contribution in [2.24, 2.45) is 0 Å². The average Bonchev–Trinajstić information content (AvgIpc) is 2.69. The first kappa shape index (κ1) is 18.3. The Morgan fingerprint density at radius 2 is 1.67 bits per heavy atom. The molecule has 0 unspecified atom stereocenters. The molecule has 0 spiro atoms. The van der Waals surface area contributed by atoms with Crippen LogP contribution in [0.15, 0.2) is 65.6 Å². The molecule has 0 bridgehead atoms. The summed E-state index contributed by atoms with van der Waals surface area (Å²) in [6, 6.07) is 16.9. The van der Waals surface area contributed by atoms with Crippen molar-refractivity contribution in [2.75, 3.05) is 13.1 Å². The quantitative estimate of drug-likeness (QED) is 0.651. The maximum absolute atomic E-state index is 12.3. The van der Waals surface area contributed by atoms with E-state index >= 15 is 0 Å². The van der Waals surface area contributed by atoms with Gasteiger partial charge in [0.05, 0.1) is 18.1 Å². The molecule has 2 aromatic carbocycles. The lowest BCUT2D eigenvalue weighted by molar-refractivity contribution is -0.126. The first-order valence-electron chi connectivity index (χ1n) is 8.65. The third-order valence-electron chi connectivity index (χ3n) is 4.08. The monoisotopic (exact) mass is 364 g/mol. The molecule has 3 aromatic rings. The van der Waals surface area contributed by atoms with Gasteiger partial charge in [-0.3, -0.25) is 14.4 Å². The van der Waals surface area contributed by atoms with E-state index in [-0.39, 0.29) is 24.6 Å². The van der Waals surface area contributed by atoms with Gasteiger partial charge in [-0.1, -0.05) is 48.5 Å². The van der Waals surface area contributed by atoms with Crippen LogP contribution in [-0.2, 0) is 22.6 Å². The van der Waals surface area contributed by atoms with Crippen molar-refractivity contribution in [1.82, 2.24) is 20.4 Å². The van der Waals surface area contributed by atoms with Gasteiger partial charge in [0, 0.05) is 11.9 Å². The van der Waals surface area contributed by atoms with Gasteiger partial charge < -0.3 is 10.6 Å². The molecule has 0 aliphatic carbocycles. The Kier molecular flexibility index (Phi) is 5.94. The van der Waals surface area contributed by atoms with Gasteiger partial charge in [0.1, 0.15) is 6.54 Å². The molecule has 7 heteroatoms. The molecular weight excluding hydrogens is 344 g/mol. The molecule has 0 saturated heterocycles. The molecule has 138 valence electrons. The van der Waals surface area contributed by atoms with Gasteiger partial charge in [-0.15, -0.1) is 0 Å². The predicted octanol–water partition coefficient (Wildman–Crippen LogP) is 0.872. The molecule has 0 saturated carbocycles. The van der Waals surface area contributed by atoms with Crippen molar-refractivity contribution in [3.8, 4) is 0 Å². The molecule has 2 amide bonds. The van der Waals surface area contributed by atoms with Gasteiger partial charge in [-0.05, 0) is 18.1 Å². The Labute approximate surface area is 156 Å². The summed E-state index contributed by atoms with van der Waals surface area (Å²) < 4.78 is 1.09. The molecule has 1 aromatic heterocycles. The zero-order valence-electron chi connectivity index (χ0n) is 14.7. The van der Waals surface area contributed by atoms with Crippen molar-refractivity contribution in [2.45, 2.75) is 13.0 Å². The molecule has 0 atom stereocenters. The summed E-state index contributed by atoms with van der Waals surface area (Å²) in [6.45, 7) is 0.112. The molecular formula is C20H20N4O3. The Hall–Kier alpha value is -3.48. The SMILES string of the molecule is O=C(CNC(=O)Cn1ncc2ccccc2c1=O)NCCc1ccccc1. The number of hydrogen-bond donors (Lipinski definition) is 2. The van der Waals surface area contributed by atoms with E-state index in [4.69, 9.17) is 0 Å². The maximum Gasteiger partial charge on any atom is 0.275 e. The topological polar surface area (TPSA) is 93.1 Å². The largest absolute Gasteiger partial charge is 0.354 e. The number of carbonyl (C=O) groups excluding carboxylic acids is 2. The Bertz CT molecular complexity index is 999.